The number of rotatable bonds is 3. The molecular formula is C10H13BrO3. The Labute approximate surface area is 91.6 Å². The molecule has 1 heterocycles. The van der Waals surface area contributed by atoms with Gasteiger partial charge in [0.25, 0.3) is 0 Å². The molecule has 0 fully saturated rings. The van der Waals surface area contributed by atoms with Crippen LogP contribution in [0.5, 0.6) is 0 Å². The minimum Gasteiger partial charge on any atom is -0.467 e. The summed E-state index contributed by atoms with van der Waals surface area (Å²) in [4.78, 5) is 11.6. The van der Waals surface area contributed by atoms with E-state index in [2.05, 4.69) is 15.9 Å². The maximum absolute atomic E-state index is 11.6. The number of carbonyl (C=O) groups is 1. The second kappa shape index (κ2) is 4.17. The van der Waals surface area contributed by atoms with E-state index in [0.29, 0.717) is 12.4 Å². The third kappa shape index (κ3) is 2.00. The Morgan fingerprint density at radius 3 is 2.71 bits per heavy atom. The first-order valence-corrected chi connectivity index (χ1v) is 5.20. The molecule has 78 valence electrons. The van der Waals surface area contributed by atoms with E-state index >= 15 is 0 Å². The Morgan fingerprint density at radius 2 is 2.29 bits per heavy atom. The number of halogens is 1. The molecule has 1 aromatic heterocycles. The van der Waals surface area contributed by atoms with Crippen molar-refractivity contribution in [3.8, 4) is 0 Å². The van der Waals surface area contributed by atoms with Crippen molar-refractivity contribution >= 4 is 21.9 Å². The van der Waals surface area contributed by atoms with E-state index in [1.807, 2.05) is 0 Å². The molecule has 1 rings (SSSR count). The van der Waals surface area contributed by atoms with Crippen molar-refractivity contribution in [2.45, 2.75) is 26.2 Å². The van der Waals surface area contributed by atoms with Gasteiger partial charge in [0.1, 0.15) is 11.2 Å². The molecule has 0 saturated carbocycles. The van der Waals surface area contributed by atoms with Crippen LogP contribution < -0.4 is 0 Å². The van der Waals surface area contributed by atoms with Crippen LogP contribution in [0, 0.1) is 0 Å². The Balaban J connectivity index is 2.95. The van der Waals surface area contributed by atoms with E-state index in [4.69, 9.17) is 9.15 Å². The lowest BCUT2D eigenvalue weighted by Gasteiger charge is -2.20. The molecule has 0 N–H and O–H groups in total. The lowest BCUT2D eigenvalue weighted by molar-refractivity contribution is -0.149. The molecule has 1 aromatic rings. The number of hydrogen-bond acceptors (Lipinski definition) is 3. The van der Waals surface area contributed by atoms with Gasteiger partial charge in [0, 0.05) is 0 Å². The molecule has 0 saturated heterocycles. The summed E-state index contributed by atoms with van der Waals surface area (Å²) in [6, 6.07) is 1.76. The summed E-state index contributed by atoms with van der Waals surface area (Å²) < 4.78 is 11.0. The summed E-state index contributed by atoms with van der Waals surface area (Å²) in [6.45, 7) is 5.70. The fourth-order valence-electron chi connectivity index (χ4n) is 1.14. The van der Waals surface area contributed by atoms with Crippen LogP contribution in [0.3, 0.4) is 0 Å². The predicted molar refractivity (Wildman–Crippen MR) is 56.1 cm³/mol. The topological polar surface area (TPSA) is 39.4 Å². The van der Waals surface area contributed by atoms with Gasteiger partial charge in [0.05, 0.1) is 17.3 Å². The molecule has 3 nitrogen and oxygen atoms in total. The molecule has 0 aliphatic rings. The quantitative estimate of drug-likeness (QED) is 0.785. The number of hydrogen-bond donors (Lipinski definition) is 0. The molecule has 0 unspecified atom stereocenters. The van der Waals surface area contributed by atoms with Crippen molar-refractivity contribution in [3.05, 3.63) is 22.6 Å². The lowest BCUT2D eigenvalue weighted by atomic mass is 9.90. The largest absolute Gasteiger partial charge is 0.467 e. The Morgan fingerprint density at radius 1 is 1.64 bits per heavy atom. The van der Waals surface area contributed by atoms with Crippen molar-refractivity contribution in [1.29, 1.82) is 0 Å². The molecule has 0 aliphatic heterocycles. The van der Waals surface area contributed by atoms with Gasteiger partial charge < -0.3 is 9.15 Å². The molecule has 0 bridgehead atoms. The smallest absolute Gasteiger partial charge is 0.319 e. The van der Waals surface area contributed by atoms with Crippen LogP contribution in [0.25, 0.3) is 0 Å². The highest BCUT2D eigenvalue weighted by molar-refractivity contribution is 9.10. The van der Waals surface area contributed by atoms with E-state index < -0.39 is 5.41 Å². The van der Waals surface area contributed by atoms with Crippen LogP contribution >= 0.6 is 15.9 Å². The van der Waals surface area contributed by atoms with Gasteiger partial charge >= 0.3 is 5.97 Å². The Bertz CT molecular complexity index is 328. The van der Waals surface area contributed by atoms with Crippen molar-refractivity contribution in [3.63, 3.8) is 0 Å². The lowest BCUT2D eigenvalue weighted by Crippen LogP contribution is -2.30. The highest BCUT2D eigenvalue weighted by atomic mass is 79.9. The molecule has 14 heavy (non-hydrogen) atoms. The van der Waals surface area contributed by atoms with Crippen LogP contribution in [-0.4, -0.2) is 12.6 Å². The summed E-state index contributed by atoms with van der Waals surface area (Å²) in [7, 11) is 0. The van der Waals surface area contributed by atoms with Crippen molar-refractivity contribution in [2.75, 3.05) is 6.61 Å². The van der Waals surface area contributed by atoms with E-state index in [1.54, 1.807) is 33.1 Å². The fourth-order valence-corrected chi connectivity index (χ4v) is 1.84. The highest BCUT2D eigenvalue weighted by Gasteiger charge is 2.36. The fraction of sp³-hybridized carbons (Fsp3) is 0.500. The Hall–Kier alpha value is -0.770. The van der Waals surface area contributed by atoms with E-state index in [-0.39, 0.29) is 5.97 Å². The second-order valence-electron chi connectivity index (χ2n) is 3.44. The summed E-state index contributed by atoms with van der Waals surface area (Å²) in [5, 5.41) is 0. The van der Waals surface area contributed by atoms with Crippen LogP contribution in [0.1, 0.15) is 26.5 Å². The van der Waals surface area contributed by atoms with Crippen LogP contribution in [-0.2, 0) is 14.9 Å². The number of esters is 1. The molecular weight excluding hydrogens is 248 g/mol. The molecule has 0 spiro atoms. The van der Waals surface area contributed by atoms with Crippen LogP contribution in [0.4, 0.5) is 0 Å². The van der Waals surface area contributed by atoms with Gasteiger partial charge in [-0.25, -0.2) is 0 Å². The third-order valence-corrected chi connectivity index (χ3v) is 2.60. The third-order valence-electron chi connectivity index (χ3n) is 1.97. The van der Waals surface area contributed by atoms with Gasteiger partial charge in [-0.15, -0.1) is 0 Å². The number of ether oxygens (including phenoxy) is 1. The summed E-state index contributed by atoms with van der Waals surface area (Å²) in [5.41, 5.74) is -0.752. The monoisotopic (exact) mass is 260 g/mol. The SMILES string of the molecule is CCOC(=O)C(C)(C)c1occc1Br. The maximum Gasteiger partial charge on any atom is 0.319 e. The normalized spacial score (nSPS) is 11.4. The molecule has 0 aromatic carbocycles. The highest BCUT2D eigenvalue weighted by Crippen LogP contribution is 2.31. The van der Waals surface area contributed by atoms with Crippen LogP contribution in [0.2, 0.25) is 0 Å². The van der Waals surface area contributed by atoms with Crippen LogP contribution in [0.15, 0.2) is 21.2 Å². The van der Waals surface area contributed by atoms with E-state index in [0.717, 1.165) is 4.47 Å². The van der Waals surface area contributed by atoms with Gasteiger partial charge in [-0.2, -0.15) is 0 Å². The van der Waals surface area contributed by atoms with E-state index in [9.17, 15) is 4.79 Å². The van der Waals surface area contributed by atoms with Gasteiger partial charge in [0.15, 0.2) is 0 Å². The molecule has 0 amide bonds. The summed E-state index contributed by atoms with van der Waals surface area (Å²) in [5.74, 6) is 0.312. The molecule has 4 heteroatoms. The predicted octanol–water partition coefficient (Wildman–Crippen LogP) is 2.88. The zero-order valence-corrected chi connectivity index (χ0v) is 10.1. The Kier molecular flexibility index (Phi) is 3.37. The van der Waals surface area contributed by atoms with Gasteiger partial charge in [-0.1, -0.05) is 0 Å². The first-order valence-electron chi connectivity index (χ1n) is 4.40. The summed E-state index contributed by atoms with van der Waals surface area (Å²) in [6.07, 6.45) is 1.54. The first kappa shape index (κ1) is 11.3. The molecule has 0 aliphatic carbocycles. The molecule has 0 atom stereocenters. The second-order valence-corrected chi connectivity index (χ2v) is 4.30. The minimum absolute atomic E-state index is 0.282. The zero-order chi connectivity index (χ0) is 10.8. The summed E-state index contributed by atoms with van der Waals surface area (Å²) >= 11 is 3.32. The minimum atomic E-state index is -0.752. The average Bonchev–Trinajstić information content (AvgIpc) is 2.52. The van der Waals surface area contributed by atoms with Crippen molar-refractivity contribution in [2.24, 2.45) is 0 Å². The molecule has 0 radical (unpaired) electrons. The van der Waals surface area contributed by atoms with Crippen molar-refractivity contribution in [1.82, 2.24) is 0 Å². The van der Waals surface area contributed by atoms with Gasteiger partial charge in [-0.3, -0.25) is 4.79 Å². The number of furan rings is 1. The zero-order valence-electron chi connectivity index (χ0n) is 8.46. The maximum atomic E-state index is 11.6. The first-order chi connectivity index (χ1) is 6.50. The standard InChI is InChI=1S/C10H13BrO3/c1-4-13-9(12)10(2,3)8-7(11)5-6-14-8/h5-6H,4H2,1-3H3. The van der Waals surface area contributed by atoms with Gasteiger partial charge in [-0.05, 0) is 42.8 Å². The number of carbonyl (C=O) groups excluding carboxylic acids is 1. The average molecular weight is 261 g/mol. The van der Waals surface area contributed by atoms with E-state index in [1.165, 1.54) is 0 Å². The van der Waals surface area contributed by atoms with Crippen molar-refractivity contribution < 1.29 is 13.9 Å². The van der Waals surface area contributed by atoms with Gasteiger partial charge in [0.2, 0.25) is 0 Å².